The van der Waals surface area contributed by atoms with E-state index in [-0.39, 0.29) is 11.7 Å². The zero-order chi connectivity index (χ0) is 16.4. The number of amidine groups is 1. The summed E-state index contributed by atoms with van der Waals surface area (Å²) in [5.41, 5.74) is 1.38. The molecule has 0 saturated carbocycles. The van der Waals surface area contributed by atoms with Crippen LogP contribution in [-0.4, -0.2) is 28.1 Å². The van der Waals surface area contributed by atoms with Crippen LogP contribution in [0, 0.1) is 0 Å². The van der Waals surface area contributed by atoms with Crippen molar-refractivity contribution in [2.45, 2.75) is 0 Å². The summed E-state index contributed by atoms with van der Waals surface area (Å²) in [5, 5.41) is 10.6. The van der Waals surface area contributed by atoms with E-state index in [1.807, 2.05) is 18.2 Å². The van der Waals surface area contributed by atoms with Crippen molar-refractivity contribution in [3.05, 3.63) is 64.0 Å². The Kier molecular flexibility index (Phi) is 4.41. The Morgan fingerprint density at radius 2 is 2.00 bits per heavy atom. The topological polar surface area (TPSA) is 52.9 Å². The number of aromatic hydroxyl groups is 1. The van der Waals surface area contributed by atoms with Crippen molar-refractivity contribution >= 4 is 46.2 Å². The molecule has 1 aliphatic rings. The van der Waals surface area contributed by atoms with Gasteiger partial charge in [-0.05, 0) is 41.6 Å². The molecule has 23 heavy (non-hydrogen) atoms. The highest BCUT2D eigenvalue weighted by Crippen LogP contribution is 2.34. The fourth-order valence-corrected chi connectivity index (χ4v) is 3.23. The first-order valence-electron chi connectivity index (χ1n) is 6.84. The monoisotopic (exact) mass is 344 g/mol. The van der Waals surface area contributed by atoms with Crippen LogP contribution in [-0.2, 0) is 4.79 Å². The third-order valence-electron chi connectivity index (χ3n) is 3.25. The molecule has 1 amide bonds. The van der Waals surface area contributed by atoms with E-state index in [0.29, 0.717) is 20.8 Å². The number of hydrogen-bond acceptors (Lipinski definition) is 4. The lowest BCUT2D eigenvalue weighted by atomic mass is 10.2. The molecule has 2 aromatic carbocycles. The Labute approximate surface area is 143 Å². The highest BCUT2D eigenvalue weighted by Gasteiger charge is 2.30. The van der Waals surface area contributed by atoms with E-state index in [1.54, 1.807) is 43.5 Å². The van der Waals surface area contributed by atoms with Crippen molar-refractivity contribution in [2.24, 2.45) is 4.99 Å². The number of halogens is 1. The summed E-state index contributed by atoms with van der Waals surface area (Å²) in [6, 6.07) is 13.9. The van der Waals surface area contributed by atoms with E-state index in [9.17, 15) is 9.90 Å². The molecule has 116 valence electrons. The standard InChI is InChI=1S/C17H13ClN2O2S/c1-20-16(22)15(9-11-5-2-3-8-14(11)18)23-17(20)19-12-6-4-7-13(21)10-12/h2-10,21H,1H3/b15-9-,19-17?. The highest BCUT2D eigenvalue weighted by atomic mass is 35.5. The van der Waals surface area contributed by atoms with Crippen LogP contribution in [0.15, 0.2) is 58.4 Å². The van der Waals surface area contributed by atoms with Crippen molar-refractivity contribution in [1.29, 1.82) is 0 Å². The third kappa shape index (κ3) is 3.41. The number of carbonyl (C=O) groups excluding carboxylic acids is 1. The fraction of sp³-hybridized carbons (Fsp3) is 0.0588. The van der Waals surface area contributed by atoms with Crippen LogP contribution < -0.4 is 0 Å². The summed E-state index contributed by atoms with van der Waals surface area (Å²) < 4.78 is 0. The largest absolute Gasteiger partial charge is 0.508 e. The highest BCUT2D eigenvalue weighted by molar-refractivity contribution is 8.18. The molecule has 6 heteroatoms. The maximum absolute atomic E-state index is 12.4. The molecule has 0 bridgehead atoms. The smallest absolute Gasteiger partial charge is 0.266 e. The van der Waals surface area contributed by atoms with Crippen molar-refractivity contribution < 1.29 is 9.90 Å². The molecule has 1 saturated heterocycles. The number of amides is 1. The quantitative estimate of drug-likeness (QED) is 0.827. The number of nitrogens with zero attached hydrogens (tertiary/aromatic N) is 2. The zero-order valence-corrected chi connectivity index (χ0v) is 13.8. The first-order valence-corrected chi connectivity index (χ1v) is 8.04. The maximum Gasteiger partial charge on any atom is 0.266 e. The van der Waals surface area contributed by atoms with Crippen molar-refractivity contribution in [3.63, 3.8) is 0 Å². The van der Waals surface area contributed by atoms with Gasteiger partial charge in [0, 0.05) is 18.1 Å². The van der Waals surface area contributed by atoms with E-state index in [0.717, 1.165) is 5.56 Å². The first-order chi connectivity index (χ1) is 11.0. The van der Waals surface area contributed by atoms with E-state index in [2.05, 4.69) is 4.99 Å². The van der Waals surface area contributed by atoms with Gasteiger partial charge in [-0.3, -0.25) is 9.69 Å². The zero-order valence-electron chi connectivity index (χ0n) is 12.2. The Morgan fingerprint density at radius 3 is 2.74 bits per heavy atom. The van der Waals surface area contributed by atoms with Crippen LogP contribution in [0.25, 0.3) is 6.08 Å². The first kappa shape index (κ1) is 15.6. The minimum atomic E-state index is -0.131. The van der Waals surface area contributed by atoms with Gasteiger partial charge in [-0.25, -0.2) is 4.99 Å². The van der Waals surface area contributed by atoms with Gasteiger partial charge < -0.3 is 5.11 Å². The molecule has 1 heterocycles. The third-order valence-corrected chi connectivity index (χ3v) is 4.65. The van der Waals surface area contributed by atoms with Crippen molar-refractivity contribution in [2.75, 3.05) is 7.05 Å². The van der Waals surface area contributed by atoms with E-state index < -0.39 is 0 Å². The van der Waals surface area contributed by atoms with Gasteiger partial charge in [0.2, 0.25) is 0 Å². The Balaban J connectivity index is 1.93. The molecule has 0 atom stereocenters. The summed E-state index contributed by atoms with van der Waals surface area (Å²) in [5.74, 6) is 0.00415. The van der Waals surface area contributed by atoms with Gasteiger partial charge in [0.15, 0.2) is 5.17 Å². The number of rotatable bonds is 2. The molecular formula is C17H13ClN2O2S. The number of thioether (sulfide) groups is 1. The summed E-state index contributed by atoms with van der Waals surface area (Å²) in [4.78, 5) is 18.8. The molecule has 0 aliphatic carbocycles. The molecular weight excluding hydrogens is 332 g/mol. The van der Waals surface area contributed by atoms with E-state index in [4.69, 9.17) is 11.6 Å². The summed E-state index contributed by atoms with van der Waals surface area (Å²) >= 11 is 7.41. The van der Waals surface area contributed by atoms with Gasteiger partial charge >= 0.3 is 0 Å². The normalized spacial score (nSPS) is 18.2. The van der Waals surface area contributed by atoms with Gasteiger partial charge in [0.1, 0.15) is 5.75 Å². The van der Waals surface area contributed by atoms with E-state index >= 15 is 0 Å². The van der Waals surface area contributed by atoms with Crippen LogP contribution in [0.2, 0.25) is 5.02 Å². The minimum Gasteiger partial charge on any atom is -0.508 e. The molecule has 0 radical (unpaired) electrons. The van der Waals surface area contributed by atoms with Crippen LogP contribution in [0.3, 0.4) is 0 Å². The second-order valence-electron chi connectivity index (χ2n) is 4.91. The molecule has 1 N–H and O–H groups in total. The molecule has 0 spiro atoms. The predicted molar refractivity (Wildman–Crippen MR) is 95.0 cm³/mol. The van der Waals surface area contributed by atoms with Gasteiger partial charge in [-0.2, -0.15) is 0 Å². The number of carbonyl (C=O) groups is 1. The summed E-state index contributed by atoms with van der Waals surface area (Å²) in [6.07, 6.45) is 1.76. The number of benzene rings is 2. The number of hydrogen-bond donors (Lipinski definition) is 1. The molecule has 1 fully saturated rings. The Hall–Kier alpha value is -2.24. The number of phenols is 1. The molecule has 1 aliphatic heterocycles. The van der Waals surface area contributed by atoms with Gasteiger partial charge in [-0.1, -0.05) is 35.9 Å². The SMILES string of the molecule is CN1C(=O)/C(=C/c2ccccc2Cl)SC1=Nc1cccc(O)c1. The van der Waals surface area contributed by atoms with Crippen LogP contribution in [0.5, 0.6) is 5.75 Å². The van der Waals surface area contributed by atoms with Crippen LogP contribution in [0.1, 0.15) is 5.56 Å². The van der Waals surface area contributed by atoms with Crippen LogP contribution >= 0.6 is 23.4 Å². The van der Waals surface area contributed by atoms with Gasteiger partial charge in [-0.15, -0.1) is 0 Å². The molecule has 0 unspecified atom stereocenters. The second kappa shape index (κ2) is 6.48. The van der Waals surface area contributed by atoms with Crippen molar-refractivity contribution in [1.82, 2.24) is 4.90 Å². The maximum atomic E-state index is 12.4. The molecule has 4 nitrogen and oxygen atoms in total. The lowest BCUT2D eigenvalue weighted by Gasteiger charge is -2.07. The lowest BCUT2D eigenvalue weighted by molar-refractivity contribution is -0.121. The van der Waals surface area contributed by atoms with Gasteiger partial charge in [0.05, 0.1) is 10.6 Å². The van der Waals surface area contributed by atoms with E-state index in [1.165, 1.54) is 16.7 Å². The minimum absolute atomic E-state index is 0.131. The fourth-order valence-electron chi connectivity index (χ4n) is 2.06. The van der Waals surface area contributed by atoms with Crippen molar-refractivity contribution in [3.8, 4) is 5.75 Å². The number of likely N-dealkylation sites (N-methyl/N-ethyl adjacent to an activating group) is 1. The molecule has 2 aromatic rings. The lowest BCUT2D eigenvalue weighted by Crippen LogP contribution is -2.23. The Morgan fingerprint density at radius 1 is 1.22 bits per heavy atom. The molecule has 3 rings (SSSR count). The number of phenolic OH excluding ortho intramolecular Hbond substituents is 1. The average molecular weight is 345 g/mol. The average Bonchev–Trinajstić information content (AvgIpc) is 2.78. The second-order valence-corrected chi connectivity index (χ2v) is 6.33. The van der Waals surface area contributed by atoms with Crippen LogP contribution in [0.4, 0.5) is 5.69 Å². The number of aliphatic imine (C=N–C) groups is 1. The molecule has 0 aromatic heterocycles. The Bertz CT molecular complexity index is 833. The predicted octanol–water partition coefficient (Wildman–Crippen LogP) is 4.28. The summed E-state index contributed by atoms with van der Waals surface area (Å²) in [6.45, 7) is 0. The van der Waals surface area contributed by atoms with Gasteiger partial charge in [0.25, 0.3) is 5.91 Å². The summed E-state index contributed by atoms with van der Waals surface area (Å²) in [7, 11) is 1.67.